The van der Waals surface area contributed by atoms with Crippen LogP contribution >= 0.6 is 11.6 Å². The number of carbonyl (C=O) groups excluding carboxylic acids is 1. The smallest absolute Gasteiger partial charge is 0.364 e. The summed E-state index contributed by atoms with van der Waals surface area (Å²) in [4.78, 5) is 32.4. The number of carbonyl (C=O) groups is 1. The van der Waals surface area contributed by atoms with E-state index >= 15 is 0 Å². The van der Waals surface area contributed by atoms with Crippen LogP contribution in [0.25, 0.3) is 11.5 Å². The van der Waals surface area contributed by atoms with Gasteiger partial charge in [-0.2, -0.15) is 13.2 Å². The van der Waals surface area contributed by atoms with E-state index in [2.05, 4.69) is 25.3 Å². The number of aromatic nitrogens is 4. The average molecular weight is 489 g/mol. The highest BCUT2D eigenvalue weighted by molar-refractivity contribution is 6.33. The molecule has 3 atom stereocenters. The Balaban J connectivity index is 1.40. The molecule has 0 radical (unpaired) electrons. The molecule has 2 aliphatic heterocycles. The number of rotatable bonds is 4. The zero-order valence-corrected chi connectivity index (χ0v) is 18.8. The topological polar surface area (TPSA) is 83.9 Å². The number of nitrogens with zero attached hydrogens (tertiary/aromatic N) is 5. The van der Waals surface area contributed by atoms with Crippen molar-refractivity contribution in [3.05, 3.63) is 64.7 Å². The molecule has 3 aromatic rings. The molecule has 0 spiro atoms. The SMILES string of the molecule is Cc1cnc(-c2ncccn2)c(C(=O)N2C3CCC2C(Nc2ncc(C(F)(F)F)cc2Cl)C3)c1. The Hall–Kier alpha value is -3.27. The van der Waals surface area contributed by atoms with E-state index in [4.69, 9.17) is 11.6 Å². The number of pyridine rings is 2. The predicted octanol–water partition coefficient (Wildman–Crippen LogP) is 4.77. The Bertz CT molecular complexity index is 1240. The van der Waals surface area contributed by atoms with Gasteiger partial charge in [-0.3, -0.25) is 9.78 Å². The van der Waals surface area contributed by atoms with E-state index in [0.717, 1.165) is 30.7 Å². The second-order valence-corrected chi connectivity index (χ2v) is 8.94. The van der Waals surface area contributed by atoms with Crippen LogP contribution in [0.4, 0.5) is 19.0 Å². The minimum atomic E-state index is -4.52. The van der Waals surface area contributed by atoms with Crippen LogP contribution in [-0.4, -0.2) is 48.9 Å². The maximum absolute atomic E-state index is 13.7. The predicted molar refractivity (Wildman–Crippen MR) is 119 cm³/mol. The Morgan fingerprint density at radius 3 is 2.59 bits per heavy atom. The molecule has 11 heteroatoms. The van der Waals surface area contributed by atoms with Gasteiger partial charge in [0.05, 0.1) is 22.2 Å². The van der Waals surface area contributed by atoms with Gasteiger partial charge in [0.2, 0.25) is 0 Å². The van der Waals surface area contributed by atoms with Gasteiger partial charge in [0.15, 0.2) is 5.82 Å². The summed E-state index contributed by atoms with van der Waals surface area (Å²) < 4.78 is 38.8. The standard InChI is InChI=1S/C23H20ClF3N6O/c1-12-7-15(19(30-10-12)21-28-5-2-6-29-21)22(34)33-14-3-4-18(33)17(9-14)32-20-16(24)8-13(11-31-20)23(25,26)27/h2,5-8,10-11,14,17-18H,3-4,9H2,1H3,(H,31,32). The van der Waals surface area contributed by atoms with Crippen molar-refractivity contribution in [1.82, 2.24) is 24.8 Å². The number of amides is 1. The molecule has 3 unspecified atom stereocenters. The van der Waals surface area contributed by atoms with Gasteiger partial charge < -0.3 is 10.2 Å². The molecular formula is C23H20ClF3N6O. The summed E-state index contributed by atoms with van der Waals surface area (Å²) in [5.41, 5.74) is 0.772. The maximum Gasteiger partial charge on any atom is 0.417 e. The largest absolute Gasteiger partial charge is 0.417 e. The van der Waals surface area contributed by atoms with Crippen LogP contribution in [0.1, 0.15) is 40.7 Å². The Morgan fingerprint density at radius 1 is 1.12 bits per heavy atom. The third-order valence-electron chi connectivity index (χ3n) is 6.29. The second-order valence-electron chi connectivity index (χ2n) is 8.53. The van der Waals surface area contributed by atoms with Crippen LogP contribution < -0.4 is 5.32 Å². The third-order valence-corrected chi connectivity index (χ3v) is 6.58. The lowest BCUT2D eigenvalue weighted by molar-refractivity contribution is -0.137. The van der Waals surface area contributed by atoms with Crippen molar-refractivity contribution in [3.8, 4) is 11.5 Å². The molecule has 7 nitrogen and oxygen atoms in total. The summed E-state index contributed by atoms with van der Waals surface area (Å²) in [6.45, 7) is 1.86. The number of aryl methyl sites for hydroxylation is 1. The number of anilines is 1. The Labute approximate surface area is 198 Å². The average Bonchev–Trinajstić information content (AvgIpc) is 3.37. The quantitative estimate of drug-likeness (QED) is 0.569. The van der Waals surface area contributed by atoms with Gasteiger partial charge in [-0.05, 0) is 49.9 Å². The molecule has 34 heavy (non-hydrogen) atoms. The summed E-state index contributed by atoms with van der Waals surface area (Å²) in [7, 11) is 0. The molecule has 5 heterocycles. The number of alkyl halides is 3. The minimum absolute atomic E-state index is 0.00622. The second kappa shape index (κ2) is 8.50. The number of halogens is 4. The first-order valence-corrected chi connectivity index (χ1v) is 11.2. The molecule has 2 saturated heterocycles. The van der Waals surface area contributed by atoms with Gasteiger partial charge in [0.25, 0.3) is 5.91 Å². The lowest BCUT2D eigenvalue weighted by Gasteiger charge is -2.26. The number of hydrogen-bond donors (Lipinski definition) is 1. The van der Waals surface area contributed by atoms with Crippen LogP contribution in [0.15, 0.2) is 43.0 Å². The first kappa shape index (κ1) is 22.5. The Morgan fingerprint density at radius 2 is 1.88 bits per heavy atom. The zero-order valence-electron chi connectivity index (χ0n) is 18.1. The van der Waals surface area contributed by atoms with Crippen LogP contribution in [0, 0.1) is 6.92 Å². The molecule has 0 aromatic carbocycles. The molecule has 176 valence electrons. The highest BCUT2D eigenvalue weighted by atomic mass is 35.5. The summed E-state index contributed by atoms with van der Waals surface area (Å²) in [6.07, 6.45) is 3.36. The van der Waals surface area contributed by atoms with Crippen LogP contribution in [0.3, 0.4) is 0 Å². The van der Waals surface area contributed by atoms with E-state index in [1.54, 1.807) is 30.7 Å². The molecule has 2 fully saturated rings. The van der Waals surface area contributed by atoms with Crippen molar-refractivity contribution in [2.45, 2.75) is 50.5 Å². The molecular weight excluding hydrogens is 469 g/mol. The van der Waals surface area contributed by atoms with Crippen molar-refractivity contribution in [2.24, 2.45) is 0 Å². The van der Waals surface area contributed by atoms with Crippen molar-refractivity contribution in [2.75, 3.05) is 5.32 Å². The van der Waals surface area contributed by atoms with E-state index in [-0.39, 0.29) is 34.9 Å². The van der Waals surface area contributed by atoms with E-state index in [9.17, 15) is 18.0 Å². The summed E-state index contributed by atoms with van der Waals surface area (Å²) >= 11 is 6.09. The summed E-state index contributed by atoms with van der Waals surface area (Å²) in [5.74, 6) is 0.380. The Kier molecular flexibility index (Phi) is 5.63. The van der Waals surface area contributed by atoms with Crippen molar-refractivity contribution >= 4 is 23.3 Å². The van der Waals surface area contributed by atoms with Crippen molar-refractivity contribution in [1.29, 1.82) is 0 Å². The van der Waals surface area contributed by atoms with E-state index in [0.29, 0.717) is 23.5 Å². The van der Waals surface area contributed by atoms with E-state index in [1.165, 1.54) is 0 Å². The minimum Gasteiger partial charge on any atom is -0.364 e. The molecule has 0 aliphatic carbocycles. The molecule has 2 bridgehead atoms. The van der Waals surface area contributed by atoms with Gasteiger partial charge >= 0.3 is 6.18 Å². The number of fused-ring (bicyclic) bond motifs is 2. The number of nitrogens with one attached hydrogen (secondary N) is 1. The van der Waals surface area contributed by atoms with E-state index < -0.39 is 11.7 Å². The summed E-state index contributed by atoms with van der Waals surface area (Å²) in [5, 5.41) is 3.06. The van der Waals surface area contributed by atoms with Crippen LogP contribution in [0.2, 0.25) is 5.02 Å². The van der Waals surface area contributed by atoms with Crippen molar-refractivity contribution < 1.29 is 18.0 Å². The first-order valence-electron chi connectivity index (χ1n) is 10.8. The first-order chi connectivity index (χ1) is 16.2. The molecule has 3 aromatic heterocycles. The van der Waals surface area contributed by atoms with Gasteiger partial charge in [0.1, 0.15) is 11.5 Å². The normalized spacial score (nSPS) is 21.7. The fourth-order valence-electron chi connectivity index (χ4n) is 4.81. The fraction of sp³-hybridized carbons (Fsp3) is 0.348. The molecule has 5 rings (SSSR count). The van der Waals surface area contributed by atoms with E-state index in [1.807, 2.05) is 11.8 Å². The third kappa shape index (κ3) is 4.06. The highest BCUT2D eigenvalue weighted by Gasteiger charge is 2.49. The van der Waals surface area contributed by atoms with Gasteiger partial charge in [-0.1, -0.05) is 11.6 Å². The lowest BCUT2D eigenvalue weighted by Crippen LogP contribution is -2.40. The monoisotopic (exact) mass is 488 g/mol. The molecule has 1 amide bonds. The van der Waals surface area contributed by atoms with Crippen LogP contribution in [0.5, 0.6) is 0 Å². The van der Waals surface area contributed by atoms with Gasteiger partial charge in [0, 0.05) is 36.9 Å². The maximum atomic E-state index is 13.7. The van der Waals surface area contributed by atoms with Gasteiger partial charge in [-0.25, -0.2) is 15.0 Å². The lowest BCUT2D eigenvalue weighted by atomic mass is 9.95. The summed E-state index contributed by atoms with van der Waals surface area (Å²) in [6, 6.07) is 4.00. The molecule has 2 aliphatic rings. The van der Waals surface area contributed by atoms with Crippen LogP contribution in [-0.2, 0) is 6.18 Å². The zero-order chi connectivity index (χ0) is 24.0. The number of hydrogen-bond acceptors (Lipinski definition) is 6. The van der Waals surface area contributed by atoms with Crippen molar-refractivity contribution in [3.63, 3.8) is 0 Å². The highest BCUT2D eigenvalue weighted by Crippen LogP contribution is 2.41. The molecule has 1 N–H and O–H groups in total. The van der Waals surface area contributed by atoms with Gasteiger partial charge in [-0.15, -0.1) is 0 Å². The molecule has 0 saturated carbocycles. The fourth-order valence-corrected chi connectivity index (χ4v) is 5.03.